The Morgan fingerprint density at radius 3 is 2.65 bits per heavy atom. The highest BCUT2D eigenvalue weighted by Crippen LogP contribution is 2.42. The molecule has 1 aliphatic heterocycles. The summed E-state index contributed by atoms with van der Waals surface area (Å²) in [6.07, 6.45) is -7.28. The van der Waals surface area contributed by atoms with E-state index < -0.39 is 30.1 Å². The van der Waals surface area contributed by atoms with Crippen LogP contribution in [0.15, 0.2) is 36.5 Å². The first-order valence-electron chi connectivity index (χ1n) is 10.3. The number of aromatic nitrogens is 3. The number of ether oxygens (including phenoxy) is 3. The average molecular weight is 481 g/mol. The van der Waals surface area contributed by atoms with Gasteiger partial charge in [-0.05, 0) is 43.5 Å². The van der Waals surface area contributed by atoms with Crippen LogP contribution in [-0.2, 0) is 12.6 Å². The van der Waals surface area contributed by atoms with Gasteiger partial charge in [-0.15, -0.1) is 8.78 Å². The van der Waals surface area contributed by atoms with Crippen LogP contribution in [0.25, 0.3) is 5.69 Å². The molecule has 0 bridgehead atoms. The summed E-state index contributed by atoms with van der Waals surface area (Å²) in [5.74, 6) is -0.654. The molecule has 0 amide bonds. The zero-order valence-corrected chi connectivity index (χ0v) is 17.5. The molecule has 1 atom stereocenters. The zero-order valence-electron chi connectivity index (χ0n) is 17.5. The Kier molecular flexibility index (Phi) is 4.99. The van der Waals surface area contributed by atoms with Gasteiger partial charge in [-0.25, -0.2) is 9.67 Å². The molecule has 178 valence electrons. The number of rotatable bonds is 4. The van der Waals surface area contributed by atoms with Crippen LogP contribution < -0.4 is 14.2 Å². The molecule has 0 unspecified atom stereocenters. The maximum absolute atomic E-state index is 13.5. The van der Waals surface area contributed by atoms with Gasteiger partial charge in [0.25, 0.3) is 0 Å². The Morgan fingerprint density at radius 1 is 1.12 bits per heavy atom. The minimum atomic E-state index is -4.70. The van der Waals surface area contributed by atoms with E-state index in [9.17, 15) is 26.7 Å². The second-order valence-corrected chi connectivity index (χ2v) is 7.85. The van der Waals surface area contributed by atoms with Gasteiger partial charge < -0.3 is 14.2 Å². The summed E-state index contributed by atoms with van der Waals surface area (Å²) in [4.78, 5) is 16.5. The minimum absolute atomic E-state index is 0.0362. The normalized spacial score (nSPS) is 17.4. The summed E-state index contributed by atoms with van der Waals surface area (Å²) in [7, 11) is 0. The number of hydrogen-bond donors (Lipinski definition) is 0. The van der Waals surface area contributed by atoms with Crippen LogP contribution in [0.4, 0.5) is 22.0 Å². The molecule has 7 nitrogen and oxygen atoms in total. The van der Waals surface area contributed by atoms with E-state index in [0.29, 0.717) is 12.0 Å². The topological polar surface area (TPSA) is 75.5 Å². The van der Waals surface area contributed by atoms with Crippen molar-refractivity contribution in [3.05, 3.63) is 59.0 Å². The highest BCUT2D eigenvalue weighted by atomic mass is 19.4. The molecule has 0 saturated carbocycles. The van der Waals surface area contributed by atoms with Crippen LogP contribution >= 0.6 is 0 Å². The number of benzene rings is 1. The van der Waals surface area contributed by atoms with Gasteiger partial charge in [0, 0.05) is 24.2 Å². The van der Waals surface area contributed by atoms with Crippen LogP contribution in [0.5, 0.6) is 17.4 Å². The molecule has 1 aromatic carbocycles. The molecular formula is C22H16F5N3O4. The number of hydrogen-bond acceptors (Lipinski definition) is 6. The number of carbonyl (C=O) groups excluding carboxylic acids is 1. The molecular weight excluding hydrogens is 465 g/mol. The molecule has 0 fully saturated rings. The second kappa shape index (κ2) is 7.67. The van der Waals surface area contributed by atoms with Crippen LogP contribution in [0.3, 0.4) is 0 Å². The molecule has 3 aromatic rings. The quantitative estimate of drug-likeness (QED) is 0.473. The van der Waals surface area contributed by atoms with Crippen LogP contribution in [0.1, 0.15) is 53.2 Å². The van der Waals surface area contributed by atoms with E-state index in [2.05, 4.69) is 19.6 Å². The highest BCUT2D eigenvalue weighted by Gasteiger charge is 2.44. The van der Waals surface area contributed by atoms with Gasteiger partial charge in [0.2, 0.25) is 5.88 Å². The van der Waals surface area contributed by atoms with Crippen molar-refractivity contribution in [3.63, 3.8) is 0 Å². The lowest BCUT2D eigenvalue weighted by Crippen LogP contribution is -2.25. The number of halogens is 5. The third-order valence-electron chi connectivity index (χ3n) is 5.50. The van der Waals surface area contributed by atoms with Crippen molar-refractivity contribution in [2.45, 2.75) is 44.8 Å². The lowest BCUT2D eigenvalue weighted by molar-refractivity contribution is -0.286. The number of ketones is 1. The molecule has 12 heteroatoms. The van der Waals surface area contributed by atoms with Gasteiger partial charge in [0.15, 0.2) is 23.0 Å². The van der Waals surface area contributed by atoms with E-state index in [-0.39, 0.29) is 47.2 Å². The standard InChI is InChI=1S/C22H16F5N3O4/c1-11(12-5-6-16-17(9-12)34-22(26,27)33-16)32-18-10-13(7-8-28-18)30-19-14(3-2-4-15(19)31)20(29-30)21(23,24)25/h5-11H,2-4H2,1H3/t11-/m0/s1. The van der Waals surface area contributed by atoms with Gasteiger partial charge >= 0.3 is 12.5 Å². The van der Waals surface area contributed by atoms with E-state index >= 15 is 0 Å². The molecule has 34 heavy (non-hydrogen) atoms. The maximum atomic E-state index is 13.5. The Labute approximate surface area is 189 Å². The fraction of sp³-hybridized carbons (Fsp3) is 0.318. The monoisotopic (exact) mass is 481 g/mol. The molecule has 2 aliphatic rings. The van der Waals surface area contributed by atoms with Crippen molar-refractivity contribution < 1.29 is 41.0 Å². The summed E-state index contributed by atoms with van der Waals surface area (Å²) >= 11 is 0. The third-order valence-corrected chi connectivity index (χ3v) is 5.50. The Morgan fingerprint density at radius 2 is 1.88 bits per heavy atom. The first-order chi connectivity index (χ1) is 16.0. The molecule has 0 N–H and O–H groups in total. The third kappa shape index (κ3) is 3.93. The highest BCUT2D eigenvalue weighted by molar-refractivity contribution is 5.97. The average Bonchev–Trinajstić information content (AvgIpc) is 3.30. The lowest BCUT2D eigenvalue weighted by atomic mass is 9.94. The first-order valence-corrected chi connectivity index (χ1v) is 10.3. The van der Waals surface area contributed by atoms with Crippen molar-refractivity contribution >= 4 is 5.78 Å². The molecule has 0 spiro atoms. The molecule has 0 radical (unpaired) electrons. The SMILES string of the molecule is C[C@H](Oc1cc(-n2nc(C(F)(F)F)c3c2C(=O)CCC3)ccn1)c1ccc2c(c1)OC(F)(F)O2. The summed E-state index contributed by atoms with van der Waals surface area (Å²) in [6.45, 7) is 1.63. The summed E-state index contributed by atoms with van der Waals surface area (Å²) in [5.41, 5.74) is -0.655. The second-order valence-electron chi connectivity index (χ2n) is 7.85. The summed E-state index contributed by atoms with van der Waals surface area (Å²) < 4.78 is 82.6. The molecule has 1 aliphatic carbocycles. The molecule has 5 rings (SSSR count). The van der Waals surface area contributed by atoms with E-state index in [0.717, 1.165) is 4.68 Å². The summed E-state index contributed by atoms with van der Waals surface area (Å²) in [5, 5.41) is 3.70. The smallest absolute Gasteiger partial charge is 0.470 e. The fourth-order valence-corrected chi connectivity index (χ4v) is 4.00. The van der Waals surface area contributed by atoms with E-state index in [1.807, 2.05) is 0 Å². The molecule has 3 heterocycles. The number of pyridine rings is 1. The Hall–Kier alpha value is -3.70. The number of nitrogens with zero attached hydrogens (tertiary/aromatic N) is 3. The van der Waals surface area contributed by atoms with Crippen molar-refractivity contribution in [1.29, 1.82) is 0 Å². The predicted octanol–water partition coefficient (Wildman–Crippen LogP) is 5.27. The lowest BCUT2D eigenvalue weighted by Gasteiger charge is -2.16. The summed E-state index contributed by atoms with van der Waals surface area (Å²) in [6, 6.07) is 6.93. The maximum Gasteiger partial charge on any atom is 0.586 e. The first kappa shape index (κ1) is 22.1. The van der Waals surface area contributed by atoms with Crippen molar-refractivity contribution in [2.75, 3.05) is 0 Å². The zero-order chi connectivity index (χ0) is 24.3. The van der Waals surface area contributed by atoms with E-state index in [4.69, 9.17) is 4.74 Å². The molecule has 0 saturated heterocycles. The number of fused-ring (bicyclic) bond motifs is 2. The molecule has 2 aromatic heterocycles. The van der Waals surface area contributed by atoms with Crippen molar-refractivity contribution in [3.8, 4) is 23.1 Å². The number of carbonyl (C=O) groups is 1. The minimum Gasteiger partial charge on any atom is -0.470 e. The number of alkyl halides is 5. The van der Waals surface area contributed by atoms with Crippen molar-refractivity contribution in [1.82, 2.24) is 14.8 Å². The Balaban J connectivity index is 1.44. The Bertz CT molecular complexity index is 1290. The van der Waals surface area contributed by atoms with Crippen LogP contribution in [-0.4, -0.2) is 26.8 Å². The van der Waals surface area contributed by atoms with Crippen LogP contribution in [0.2, 0.25) is 0 Å². The van der Waals surface area contributed by atoms with Gasteiger partial charge in [-0.3, -0.25) is 4.79 Å². The van der Waals surface area contributed by atoms with E-state index in [1.54, 1.807) is 6.92 Å². The fourth-order valence-electron chi connectivity index (χ4n) is 4.00. The predicted molar refractivity (Wildman–Crippen MR) is 105 cm³/mol. The van der Waals surface area contributed by atoms with Gasteiger partial charge in [0.05, 0.1) is 5.69 Å². The van der Waals surface area contributed by atoms with Gasteiger partial charge in [-0.1, -0.05) is 6.07 Å². The van der Waals surface area contributed by atoms with Gasteiger partial charge in [-0.2, -0.15) is 18.3 Å². The largest absolute Gasteiger partial charge is 0.586 e. The van der Waals surface area contributed by atoms with E-state index in [1.165, 1.54) is 36.5 Å². The van der Waals surface area contributed by atoms with Gasteiger partial charge in [0.1, 0.15) is 11.8 Å². The number of Topliss-reactive ketones (excluding diaryl/α,β-unsaturated/α-hetero) is 1. The van der Waals surface area contributed by atoms with Crippen molar-refractivity contribution in [2.24, 2.45) is 0 Å². The van der Waals surface area contributed by atoms with Crippen LogP contribution in [0, 0.1) is 0 Å².